The third-order valence-electron chi connectivity index (χ3n) is 4.62. The molecule has 4 nitrogen and oxygen atoms in total. The highest BCUT2D eigenvalue weighted by Crippen LogP contribution is 2.43. The van der Waals surface area contributed by atoms with E-state index in [2.05, 4.69) is 0 Å². The molecule has 0 N–H and O–H groups in total. The molecule has 0 aromatic carbocycles. The van der Waals surface area contributed by atoms with Crippen LogP contribution in [0.25, 0.3) is 0 Å². The van der Waals surface area contributed by atoms with Crippen molar-refractivity contribution < 1.29 is 14.3 Å². The maximum Gasteiger partial charge on any atom is 0.410 e. The normalized spacial score (nSPS) is 33.5. The van der Waals surface area contributed by atoms with Crippen molar-refractivity contribution in [2.24, 2.45) is 11.8 Å². The lowest BCUT2D eigenvalue weighted by Gasteiger charge is -2.43. The molecule has 0 radical (unpaired) electrons. The minimum absolute atomic E-state index is 0.00813. The molecule has 4 heteroatoms. The number of Topliss-reactive ketones (excluding diaryl/α,β-unsaturated/α-hetero) is 1. The van der Waals surface area contributed by atoms with Crippen LogP contribution < -0.4 is 0 Å². The summed E-state index contributed by atoms with van der Waals surface area (Å²) in [6.45, 7) is 9.74. The number of hydrogen-bond donors (Lipinski definition) is 0. The third-order valence-corrected chi connectivity index (χ3v) is 4.62. The molecular formula is C16H27NO3. The van der Waals surface area contributed by atoms with Crippen molar-refractivity contribution in [1.82, 2.24) is 4.90 Å². The Labute approximate surface area is 121 Å². The number of nitrogens with zero attached hydrogens (tertiary/aromatic N) is 1. The van der Waals surface area contributed by atoms with Gasteiger partial charge in [-0.2, -0.15) is 0 Å². The molecule has 20 heavy (non-hydrogen) atoms. The molecule has 1 amide bonds. The molecule has 2 aliphatic rings. The number of amides is 1. The Morgan fingerprint density at radius 1 is 1.15 bits per heavy atom. The summed E-state index contributed by atoms with van der Waals surface area (Å²) in [4.78, 5) is 26.9. The van der Waals surface area contributed by atoms with Crippen LogP contribution in [0, 0.1) is 11.8 Å². The summed E-state index contributed by atoms with van der Waals surface area (Å²) in [6, 6.07) is 0.102. The van der Waals surface area contributed by atoms with Crippen LogP contribution in [0.3, 0.4) is 0 Å². The minimum Gasteiger partial charge on any atom is -0.444 e. The highest BCUT2D eigenvalue weighted by atomic mass is 16.6. The van der Waals surface area contributed by atoms with E-state index in [1.807, 2.05) is 39.5 Å². The molecule has 2 rings (SSSR count). The van der Waals surface area contributed by atoms with Crippen molar-refractivity contribution >= 4 is 11.9 Å². The smallest absolute Gasteiger partial charge is 0.410 e. The van der Waals surface area contributed by atoms with E-state index in [-0.39, 0.29) is 30.0 Å². The highest BCUT2D eigenvalue weighted by Gasteiger charge is 2.53. The third kappa shape index (κ3) is 2.57. The van der Waals surface area contributed by atoms with Crippen LogP contribution >= 0.6 is 0 Å². The predicted octanol–water partition coefficient (Wildman–Crippen LogP) is 3.39. The lowest BCUT2D eigenvalue weighted by molar-refractivity contribution is -0.135. The van der Waals surface area contributed by atoms with Crippen molar-refractivity contribution in [3.05, 3.63) is 0 Å². The zero-order valence-corrected chi connectivity index (χ0v) is 13.3. The lowest BCUT2D eigenvalue weighted by Crippen LogP contribution is -2.57. The Bertz CT molecular complexity index is 377. The topological polar surface area (TPSA) is 46.6 Å². The summed E-state index contributed by atoms with van der Waals surface area (Å²) in [5.41, 5.74) is -0.485. The Hall–Kier alpha value is -1.06. The first-order valence-corrected chi connectivity index (χ1v) is 7.85. The standard InChI is InChI=1S/C16H27NO3/c1-6-10-12-8-9-13(11(7-2)14(10)18)17(12)15(19)20-16(3,4)5/h10-13H,6-9H2,1-5H3/t10-,11-,12-,13-/m1/s1. The first kappa shape index (κ1) is 15.3. The zero-order chi connectivity index (χ0) is 15.1. The monoisotopic (exact) mass is 281 g/mol. The van der Waals surface area contributed by atoms with E-state index in [4.69, 9.17) is 4.74 Å². The summed E-state index contributed by atoms with van der Waals surface area (Å²) in [6.07, 6.45) is 3.25. The maximum absolute atomic E-state index is 12.5. The molecule has 0 aromatic rings. The van der Waals surface area contributed by atoms with Crippen molar-refractivity contribution in [2.75, 3.05) is 0 Å². The van der Waals surface area contributed by atoms with Crippen molar-refractivity contribution in [3.8, 4) is 0 Å². The summed E-state index contributed by atoms with van der Waals surface area (Å²) in [5, 5.41) is 0. The molecule has 0 aliphatic carbocycles. The van der Waals surface area contributed by atoms with Crippen LogP contribution in [0.1, 0.15) is 60.3 Å². The Kier molecular flexibility index (Phi) is 4.12. The van der Waals surface area contributed by atoms with E-state index >= 15 is 0 Å². The number of hydrogen-bond acceptors (Lipinski definition) is 3. The van der Waals surface area contributed by atoms with Gasteiger partial charge in [0.25, 0.3) is 0 Å². The first-order chi connectivity index (χ1) is 9.30. The quantitative estimate of drug-likeness (QED) is 0.779. The van der Waals surface area contributed by atoms with Crippen molar-refractivity contribution in [3.63, 3.8) is 0 Å². The molecule has 0 saturated carbocycles. The predicted molar refractivity (Wildman–Crippen MR) is 77.5 cm³/mol. The van der Waals surface area contributed by atoms with Gasteiger partial charge in [0.05, 0.1) is 0 Å². The van der Waals surface area contributed by atoms with Crippen LogP contribution in [-0.4, -0.2) is 34.5 Å². The Morgan fingerprint density at radius 2 is 1.60 bits per heavy atom. The van der Waals surface area contributed by atoms with Gasteiger partial charge in [-0.05, 0) is 46.5 Å². The molecule has 2 heterocycles. The van der Waals surface area contributed by atoms with E-state index in [9.17, 15) is 9.59 Å². The second-order valence-electron chi connectivity index (χ2n) is 7.03. The zero-order valence-electron chi connectivity index (χ0n) is 13.3. The molecule has 4 atom stereocenters. The average molecular weight is 281 g/mol. The van der Waals surface area contributed by atoms with Gasteiger partial charge in [0.1, 0.15) is 11.4 Å². The van der Waals surface area contributed by atoms with Crippen LogP contribution in [-0.2, 0) is 9.53 Å². The van der Waals surface area contributed by atoms with Crippen LogP contribution in [0.4, 0.5) is 4.79 Å². The number of ketones is 1. The summed E-state index contributed by atoms with van der Waals surface area (Å²) < 4.78 is 5.55. The van der Waals surface area contributed by atoms with Gasteiger partial charge < -0.3 is 9.64 Å². The van der Waals surface area contributed by atoms with Crippen molar-refractivity contribution in [2.45, 2.75) is 78.0 Å². The van der Waals surface area contributed by atoms with Crippen LogP contribution in [0.5, 0.6) is 0 Å². The summed E-state index contributed by atoms with van der Waals surface area (Å²) >= 11 is 0. The molecule has 2 bridgehead atoms. The first-order valence-electron chi connectivity index (χ1n) is 7.85. The van der Waals surface area contributed by atoms with Gasteiger partial charge in [0, 0.05) is 23.9 Å². The van der Waals surface area contributed by atoms with E-state index in [1.54, 1.807) is 0 Å². The number of carbonyl (C=O) groups excluding carboxylic acids is 2. The number of fused-ring (bicyclic) bond motifs is 2. The molecule has 2 fully saturated rings. The fourth-order valence-corrected chi connectivity index (χ4v) is 3.84. The molecule has 2 saturated heterocycles. The van der Waals surface area contributed by atoms with E-state index in [0.29, 0.717) is 5.78 Å². The number of piperidine rings is 1. The largest absolute Gasteiger partial charge is 0.444 e. The SMILES string of the molecule is CC[C@H]1C(=O)[C@H](CC)[C@H]2CC[C@H]1N2C(=O)OC(C)(C)C. The van der Waals surface area contributed by atoms with E-state index in [1.165, 1.54) is 0 Å². The Morgan fingerprint density at radius 3 is 1.95 bits per heavy atom. The van der Waals surface area contributed by atoms with Gasteiger partial charge in [0.2, 0.25) is 0 Å². The maximum atomic E-state index is 12.5. The summed E-state index contributed by atoms with van der Waals surface area (Å²) in [7, 11) is 0. The molecule has 2 aliphatic heterocycles. The molecule has 114 valence electrons. The van der Waals surface area contributed by atoms with Gasteiger partial charge in [-0.1, -0.05) is 13.8 Å². The number of rotatable bonds is 2. The van der Waals surface area contributed by atoms with E-state index < -0.39 is 5.60 Å². The van der Waals surface area contributed by atoms with Gasteiger partial charge in [-0.25, -0.2) is 4.79 Å². The molecule has 0 unspecified atom stereocenters. The minimum atomic E-state index is -0.485. The summed E-state index contributed by atoms with van der Waals surface area (Å²) in [5.74, 6) is 0.347. The van der Waals surface area contributed by atoms with Gasteiger partial charge in [-0.15, -0.1) is 0 Å². The van der Waals surface area contributed by atoms with Gasteiger partial charge in [-0.3, -0.25) is 4.79 Å². The Balaban J connectivity index is 2.25. The molecular weight excluding hydrogens is 254 g/mol. The fraction of sp³-hybridized carbons (Fsp3) is 0.875. The van der Waals surface area contributed by atoms with Crippen LogP contribution in [0.2, 0.25) is 0 Å². The second-order valence-corrected chi connectivity index (χ2v) is 7.03. The number of ether oxygens (including phenoxy) is 1. The fourth-order valence-electron chi connectivity index (χ4n) is 3.84. The van der Waals surface area contributed by atoms with E-state index in [0.717, 1.165) is 25.7 Å². The van der Waals surface area contributed by atoms with Crippen molar-refractivity contribution in [1.29, 1.82) is 0 Å². The average Bonchev–Trinajstić information content (AvgIpc) is 2.68. The second kappa shape index (κ2) is 5.38. The lowest BCUT2D eigenvalue weighted by atomic mass is 9.79. The number of carbonyl (C=O) groups is 2. The highest BCUT2D eigenvalue weighted by molar-refractivity contribution is 5.88. The van der Waals surface area contributed by atoms with Gasteiger partial charge >= 0.3 is 6.09 Å². The van der Waals surface area contributed by atoms with Crippen LogP contribution in [0.15, 0.2) is 0 Å². The molecule has 0 aromatic heterocycles. The molecule has 0 spiro atoms. The van der Waals surface area contributed by atoms with Gasteiger partial charge in [0.15, 0.2) is 0 Å².